The maximum absolute atomic E-state index is 5.93. The van der Waals surface area contributed by atoms with E-state index in [0.29, 0.717) is 5.02 Å². The third-order valence-electron chi connectivity index (χ3n) is 2.23. The van der Waals surface area contributed by atoms with Crippen LogP contribution in [0.1, 0.15) is 0 Å². The van der Waals surface area contributed by atoms with Gasteiger partial charge in [0.1, 0.15) is 0 Å². The first-order valence-electron chi connectivity index (χ1n) is 4.51. The minimum Gasteiger partial charge on any atom is -0.461 e. The van der Waals surface area contributed by atoms with Crippen molar-refractivity contribution in [3.05, 3.63) is 47.9 Å². The Morgan fingerprint density at radius 3 is 3.00 bits per heavy atom. The molecule has 3 nitrogen and oxygen atoms in total. The predicted octanol–water partition coefficient (Wildman–Crippen LogP) is 3.25. The van der Waals surface area contributed by atoms with Gasteiger partial charge < -0.3 is 4.42 Å². The Morgan fingerprint density at radius 2 is 2.20 bits per heavy atom. The van der Waals surface area contributed by atoms with Gasteiger partial charge in [-0.3, -0.25) is 4.40 Å². The van der Waals surface area contributed by atoms with Gasteiger partial charge in [-0.15, -0.1) is 0 Å². The van der Waals surface area contributed by atoms with Gasteiger partial charge in [0.25, 0.3) is 0 Å². The van der Waals surface area contributed by atoms with Crippen LogP contribution in [0.25, 0.3) is 17.1 Å². The molecule has 0 aliphatic rings. The summed E-state index contributed by atoms with van der Waals surface area (Å²) < 4.78 is 7.20. The fourth-order valence-corrected chi connectivity index (χ4v) is 1.71. The molecule has 15 heavy (non-hydrogen) atoms. The first-order chi connectivity index (χ1) is 7.34. The van der Waals surface area contributed by atoms with Crippen LogP contribution in [0.4, 0.5) is 0 Å². The summed E-state index contributed by atoms with van der Waals surface area (Å²) in [5.74, 6) is 1.50. The molecule has 0 atom stereocenters. The van der Waals surface area contributed by atoms with Crippen LogP contribution in [-0.2, 0) is 0 Å². The summed E-state index contributed by atoms with van der Waals surface area (Å²) in [5, 5.41) is 0.674. The molecule has 0 aliphatic heterocycles. The summed E-state index contributed by atoms with van der Waals surface area (Å²) in [6, 6.07) is 7.46. The van der Waals surface area contributed by atoms with Gasteiger partial charge in [-0.2, -0.15) is 0 Å². The van der Waals surface area contributed by atoms with Gasteiger partial charge in [-0.05, 0) is 24.3 Å². The number of hydrogen-bond acceptors (Lipinski definition) is 2. The summed E-state index contributed by atoms with van der Waals surface area (Å²) in [6.07, 6.45) is 5.23. The van der Waals surface area contributed by atoms with Gasteiger partial charge in [0.15, 0.2) is 11.6 Å². The van der Waals surface area contributed by atoms with Crippen LogP contribution in [0, 0.1) is 0 Å². The minimum atomic E-state index is 0.674. The number of imidazole rings is 1. The molecule has 0 fully saturated rings. The van der Waals surface area contributed by atoms with Gasteiger partial charge in [0, 0.05) is 6.20 Å². The molecule has 0 spiro atoms. The van der Waals surface area contributed by atoms with E-state index in [-0.39, 0.29) is 0 Å². The van der Waals surface area contributed by atoms with Crippen LogP contribution in [0.15, 0.2) is 47.3 Å². The van der Waals surface area contributed by atoms with Crippen LogP contribution in [0.5, 0.6) is 0 Å². The lowest BCUT2D eigenvalue weighted by atomic mass is 10.4. The first kappa shape index (κ1) is 8.56. The Bertz CT molecular complexity index is 598. The van der Waals surface area contributed by atoms with E-state index in [1.54, 1.807) is 12.5 Å². The smallest absolute Gasteiger partial charge is 0.180 e. The maximum Gasteiger partial charge on any atom is 0.180 e. The predicted molar refractivity (Wildman–Crippen MR) is 57.9 cm³/mol. The number of nitrogens with zero attached hydrogens (tertiary/aromatic N) is 2. The molecule has 3 heterocycles. The second-order valence-corrected chi connectivity index (χ2v) is 3.64. The highest BCUT2D eigenvalue weighted by molar-refractivity contribution is 6.30. The molecule has 0 N–H and O–H groups in total. The minimum absolute atomic E-state index is 0.674. The van der Waals surface area contributed by atoms with Crippen molar-refractivity contribution in [3.8, 4) is 11.6 Å². The van der Waals surface area contributed by atoms with Gasteiger partial charge >= 0.3 is 0 Å². The lowest BCUT2D eigenvalue weighted by molar-refractivity contribution is 0.577. The number of rotatable bonds is 1. The van der Waals surface area contributed by atoms with E-state index in [2.05, 4.69) is 4.98 Å². The largest absolute Gasteiger partial charge is 0.461 e. The number of pyridine rings is 1. The summed E-state index contributed by atoms with van der Waals surface area (Å²) in [4.78, 5) is 4.29. The summed E-state index contributed by atoms with van der Waals surface area (Å²) in [7, 11) is 0. The molecular weight excluding hydrogens is 212 g/mol. The van der Waals surface area contributed by atoms with Crippen LogP contribution in [0.2, 0.25) is 5.02 Å². The standard InChI is InChI=1S/C11H7ClN2O/c12-8-3-4-9-6-13-11(14(9)7-8)10-2-1-5-15-10/h1-7H. The van der Waals surface area contributed by atoms with Crippen molar-refractivity contribution in [2.45, 2.75) is 0 Å². The molecule has 0 amide bonds. The molecule has 3 rings (SSSR count). The van der Waals surface area contributed by atoms with Crippen molar-refractivity contribution in [1.82, 2.24) is 9.38 Å². The van der Waals surface area contributed by atoms with Gasteiger partial charge in [-0.1, -0.05) is 11.6 Å². The summed E-state index contributed by atoms with van der Waals surface area (Å²) in [6.45, 7) is 0. The number of aromatic nitrogens is 2. The maximum atomic E-state index is 5.93. The molecule has 74 valence electrons. The van der Waals surface area contributed by atoms with Crippen molar-refractivity contribution in [1.29, 1.82) is 0 Å². The van der Waals surface area contributed by atoms with Crippen molar-refractivity contribution in [2.75, 3.05) is 0 Å². The van der Waals surface area contributed by atoms with Crippen LogP contribution in [0.3, 0.4) is 0 Å². The third kappa shape index (κ3) is 1.32. The lowest BCUT2D eigenvalue weighted by Gasteiger charge is -1.98. The average molecular weight is 219 g/mol. The van der Waals surface area contributed by atoms with E-state index < -0.39 is 0 Å². The third-order valence-corrected chi connectivity index (χ3v) is 2.46. The molecule has 0 saturated carbocycles. The number of halogens is 1. The topological polar surface area (TPSA) is 30.4 Å². The Labute approximate surface area is 90.9 Å². The van der Waals surface area contributed by atoms with Crippen LogP contribution >= 0.6 is 11.6 Å². The highest BCUT2D eigenvalue weighted by atomic mass is 35.5. The summed E-state index contributed by atoms with van der Waals surface area (Å²) in [5.41, 5.74) is 0.991. The molecule has 3 aromatic rings. The average Bonchev–Trinajstić information content (AvgIpc) is 2.83. The van der Waals surface area contributed by atoms with E-state index in [1.807, 2.05) is 34.9 Å². The van der Waals surface area contributed by atoms with Gasteiger partial charge in [-0.25, -0.2) is 4.98 Å². The zero-order valence-corrected chi connectivity index (χ0v) is 8.48. The molecule has 0 radical (unpaired) electrons. The molecular formula is C11H7ClN2O. The zero-order valence-electron chi connectivity index (χ0n) is 7.72. The summed E-state index contributed by atoms with van der Waals surface area (Å²) >= 11 is 5.93. The molecule has 4 heteroatoms. The zero-order chi connectivity index (χ0) is 10.3. The van der Waals surface area contributed by atoms with Crippen molar-refractivity contribution in [2.24, 2.45) is 0 Å². The molecule has 3 aromatic heterocycles. The number of hydrogen-bond donors (Lipinski definition) is 0. The van der Waals surface area contributed by atoms with Gasteiger partial charge in [0.2, 0.25) is 0 Å². The Balaban J connectivity index is 2.32. The quantitative estimate of drug-likeness (QED) is 0.628. The van der Waals surface area contributed by atoms with Crippen LogP contribution < -0.4 is 0 Å². The Kier molecular flexibility index (Phi) is 1.79. The van der Waals surface area contributed by atoms with E-state index in [1.165, 1.54) is 0 Å². The van der Waals surface area contributed by atoms with Crippen molar-refractivity contribution >= 4 is 17.1 Å². The van der Waals surface area contributed by atoms with Crippen molar-refractivity contribution in [3.63, 3.8) is 0 Å². The second kappa shape index (κ2) is 3.14. The fraction of sp³-hybridized carbons (Fsp3) is 0. The lowest BCUT2D eigenvalue weighted by Crippen LogP contribution is -1.87. The van der Waals surface area contributed by atoms with E-state index in [9.17, 15) is 0 Å². The van der Waals surface area contributed by atoms with Crippen molar-refractivity contribution < 1.29 is 4.42 Å². The fourth-order valence-electron chi connectivity index (χ4n) is 1.55. The number of fused-ring (bicyclic) bond motifs is 1. The van der Waals surface area contributed by atoms with Crippen LogP contribution in [-0.4, -0.2) is 9.38 Å². The first-order valence-corrected chi connectivity index (χ1v) is 4.89. The molecule has 0 bridgehead atoms. The highest BCUT2D eigenvalue weighted by Crippen LogP contribution is 2.21. The molecule has 0 saturated heterocycles. The monoisotopic (exact) mass is 218 g/mol. The van der Waals surface area contributed by atoms with E-state index >= 15 is 0 Å². The Hall–Kier alpha value is -1.74. The normalized spacial score (nSPS) is 11.0. The second-order valence-electron chi connectivity index (χ2n) is 3.20. The van der Waals surface area contributed by atoms with E-state index in [4.69, 9.17) is 16.0 Å². The van der Waals surface area contributed by atoms with Gasteiger partial charge in [0.05, 0.1) is 23.0 Å². The molecule has 0 aromatic carbocycles. The molecule has 0 unspecified atom stereocenters. The Morgan fingerprint density at radius 1 is 1.27 bits per heavy atom. The van der Waals surface area contributed by atoms with E-state index in [0.717, 1.165) is 17.1 Å². The SMILES string of the molecule is Clc1ccc2cnc(-c3ccco3)n2c1. The molecule has 0 aliphatic carbocycles. The number of furan rings is 1. The highest BCUT2D eigenvalue weighted by Gasteiger charge is 2.08.